The summed E-state index contributed by atoms with van der Waals surface area (Å²) in [5.74, 6) is 2.65. The number of hydrogen-bond donors (Lipinski definition) is 1. The van der Waals surface area contributed by atoms with Crippen LogP contribution in [-0.2, 0) is 4.74 Å². The van der Waals surface area contributed by atoms with Gasteiger partial charge in [-0.2, -0.15) is 11.8 Å². The van der Waals surface area contributed by atoms with E-state index in [-0.39, 0.29) is 0 Å². The van der Waals surface area contributed by atoms with Gasteiger partial charge in [-0.3, -0.25) is 4.90 Å². The van der Waals surface area contributed by atoms with Gasteiger partial charge in [0.25, 0.3) is 0 Å². The fourth-order valence-corrected chi connectivity index (χ4v) is 3.28. The van der Waals surface area contributed by atoms with Crippen molar-refractivity contribution in [3.05, 3.63) is 0 Å². The highest BCUT2D eigenvalue weighted by molar-refractivity contribution is 7.99. The van der Waals surface area contributed by atoms with E-state index in [0.29, 0.717) is 6.04 Å². The van der Waals surface area contributed by atoms with Crippen LogP contribution in [0.1, 0.15) is 19.8 Å². The number of nitrogens with one attached hydrogen (secondary N) is 1. The smallest absolute Gasteiger partial charge is 0.0474 e. The summed E-state index contributed by atoms with van der Waals surface area (Å²) in [6, 6.07) is 1.42. The predicted octanol–water partition coefficient (Wildman–Crippen LogP) is 1.44. The topological polar surface area (TPSA) is 24.5 Å². The second-order valence-electron chi connectivity index (χ2n) is 4.58. The van der Waals surface area contributed by atoms with Gasteiger partial charge in [-0.25, -0.2) is 0 Å². The molecule has 0 spiro atoms. The van der Waals surface area contributed by atoms with E-state index in [1.807, 2.05) is 0 Å². The van der Waals surface area contributed by atoms with E-state index in [0.717, 1.165) is 32.2 Å². The third-order valence-electron chi connectivity index (χ3n) is 3.32. The first-order valence-corrected chi connectivity index (χ1v) is 7.40. The van der Waals surface area contributed by atoms with Crippen LogP contribution in [0.3, 0.4) is 0 Å². The first-order valence-electron chi connectivity index (χ1n) is 6.25. The SMILES string of the molecule is COCCCNCC(C)N(C)C1CCSC1. The molecule has 1 aliphatic rings. The van der Waals surface area contributed by atoms with Gasteiger partial charge in [-0.05, 0) is 39.1 Å². The third kappa shape index (κ3) is 5.04. The van der Waals surface area contributed by atoms with Gasteiger partial charge in [0.15, 0.2) is 0 Å². The highest BCUT2D eigenvalue weighted by Crippen LogP contribution is 2.22. The summed E-state index contributed by atoms with van der Waals surface area (Å²) >= 11 is 2.08. The summed E-state index contributed by atoms with van der Waals surface area (Å²) in [5.41, 5.74) is 0. The Kier molecular flexibility index (Phi) is 7.45. The van der Waals surface area contributed by atoms with Crippen molar-refractivity contribution in [3.63, 3.8) is 0 Å². The van der Waals surface area contributed by atoms with Gasteiger partial charge in [0.2, 0.25) is 0 Å². The van der Waals surface area contributed by atoms with Gasteiger partial charge >= 0.3 is 0 Å². The molecule has 1 N–H and O–H groups in total. The van der Waals surface area contributed by atoms with Crippen LogP contribution in [0.4, 0.5) is 0 Å². The minimum Gasteiger partial charge on any atom is -0.385 e. The Hall–Kier alpha value is 0.230. The number of hydrogen-bond acceptors (Lipinski definition) is 4. The Morgan fingerprint density at radius 1 is 1.56 bits per heavy atom. The van der Waals surface area contributed by atoms with E-state index in [2.05, 4.69) is 35.9 Å². The van der Waals surface area contributed by atoms with Crippen molar-refractivity contribution in [1.82, 2.24) is 10.2 Å². The molecule has 0 bridgehead atoms. The summed E-state index contributed by atoms with van der Waals surface area (Å²) in [7, 11) is 4.02. The Balaban J connectivity index is 2.06. The molecule has 0 aliphatic carbocycles. The fraction of sp³-hybridized carbons (Fsp3) is 1.00. The lowest BCUT2D eigenvalue weighted by atomic mass is 10.2. The molecule has 1 saturated heterocycles. The average Bonchev–Trinajstić information content (AvgIpc) is 2.81. The molecule has 0 aromatic rings. The van der Waals surface area contributed by atoms with Crippen molar-refractivity contribution in [2.24, 2.45) is 0 Å². The average molecular weight is 246 g/mol. The number of ether oxygens (including phenoxy) is 1. The van der Waals surface area contributed by atoms with Gasteiger partial charge in [0.1, 0.15) is 0 Å². The molecule has 2 unspecified atom stereocenters. The zero-order valence-corrected chi connectivity index (χ0v) is 11.7. The fourth-order valence-electron chi connectivity index (χ4n) is 2.00. The van der Waals surface area contributed by atoms with E-state index < -0.39 is 0 Å². The Labute approximate surface area is 104 Å². The first kappa shape index (κ1) is 14.3. The molecule has 1 aliphatic heterocycles. The second kappa shape index (κ2) is 8.34. The molecule has 3 nitrogen and oxygen atoms in total. The van der Waals surface area contributed by atoms with Crippen LogP contribution in [0.2, 0.25) is 0 Å². The number of nitrogens with zero attached hydrogens (tertiary/aromatic N) is 1. The summed E-state index contributed by atoms with van der Waals surface area (Å²) in [5, 5.41) is 3.50. The van der Waals surface area contributed by atoms with E-state index in [9.17, 15) is 0 Å². The van der Waals surface area contributed by atoms with Crippen LogP contribution >= 0.6 is 11.8 Å². The van der Waals surface area contributed by atoms with Gasteiger partial charge in [0, 0.05) is 38.1 Å². The maximum Gasteiger partial charge on any atom is 0.0474 e. The monoisotopic (exact) mass is 246 g/mol. The molecule has 1 rings (SSSR count). The molecule has 0 amide bonds. The van der Waals surface area contributed by atoms with Crippen molar-refractivity contribution in [1.29, 1.82) is 0 Å². The molecule has 1 fully saturated rings. The van der Waals surface area contributed by atoms with E-state index in [1.165, 1.54) is 17.9 Å². The van der Waals surface area contributed by atoms with Gasteiger partial charge < -0.3 is 10.1 Å². The molecule has 0 aromatic heterocycles. The van der Waals surface area contributed by atoms with Crippen LogP contribution in [0.5, 0.6) is 0 Å². The molecule has 4 heteroatoms. The number of thioether (sulfide) groups is 1. The number of likely N-dealkylation sites (N-methyl/N-ethyl adjacent to an activating group) is 1. The molecule has 1 heterocycles. The van der Waals surface area contributed by atoms with Crippen molar-refractivity contribution in [2.45, 2.75) is 31.8 Å². The van der Waals surface area contributed by atoms with E-state index in [1.54, 1.807) is 7.11 Å². The van der Waals surface area contributed by atoms with Crippen LogP contribution in [-0.4, -0.2) is 62.3 Å². The van der Waals surface area contributed by atoms with Gasteiger partial charge in [-0.1, -0.05) is 0 Å². The van der Waals surface area contributed by atoms with Gasteiger partial charge in [-0.15, -0.1) is 0 Å². The molecule has 16 heavy (non-hydrogen) atoms. The second-order valence-corrected chi connectivity index (χ2v) is 5.73. The molecule has 0 aromatic carbocycles. The Bertz CT molecular complexity index is 174. The number of methoxy groups -OCH3 is 1. The predicted molar refractivity (Wildman–Crippen MR) is 72.3 cm³/mol. The highest BCUT2D eigenvalue weighted by Gasteiger charge is 2.23. The summed E-state index contributed by atoms with van der Waals surface area (Å²) in [6.07, 6.45) is 2.46. The van der Waals surface area contributed by atoms with Crippen LogP contribution in [0, 0.1) is 0 Å². The zero-order chi connectivity index (χ0) is 11.8. The zero-order valence-electron chi connectivity index (χ0n) is 10.9. The Morgan fingerprint density at radius 3 is 3.00 bits per heavy atom. The molecule has 2 atom stereocenters. The minimum absolute atomic E-state index is 0.631. The van der Waals surface area contributed by atoms with Crippen molar-refractivity contribution in [2.75, 3.05) is 45.4 Å². The quantitative estimate of drug-likeness (QED) is 0.655. The third-order valence-corrected chi connectivity index (χ3v) is 4.46. The summed E-state index contributed by atoms with van der Waals surface area (Å²) in [6.45, 7) is 5.32. The lowest BCUT2D eigenvalue weighted by molar-refractivity contribution is 0.184. The maximum absolute atomic E-state index is 5.02. The number of rotatable bonds is 8. The minimum atomic E-state index is 0.631. The van der Waals surface area contributed by atoms with Crippen LogP contribution in [0.15, 0.2) is 0 Å². The lowest BCUT2D eigenvalue weighted by Crippen LogP contribution is -2.44. The maximum atomic E-state index is 5.02. The molecule has 0 radical (unpaired) electrons. The van der Waals surface area contributed by atoms with Crippen LogP contribution in [0.25, 0.3) is 0 Å². The molecule has 0 saturated carbocycles. The highest BCUT2D eigenvalue weighted by atomic mass is 32.2. The summed E-state index contributed by atoms with van der Waals surface area (Å²) in [4.78, 5) is 2.53. The molecule has 96 valence electrons. The summed E-state index contributed by atoms with van der Waals surface area (Å²) < 4.78 is 5.02. The first-order chi connectivity index (χ1) is 7.75. The molecular formula is C12H26N2OS. The van der Waals surface area contributed by atoms with E-state index >= 15 is 0 Å². The standard InChI is InChI=1S/C12H26N2OS/c1-11(9-13-6-4-7-15-3)14(2)12-5-8-16-10-12/h11-13H,4-10H2,1-3H3. The molecular weight excluding hydrogens is 220 g/mol. The van der Waals surface area contributed by atoms with Crippen molar-refractivity contribution >= 4 is 11.8 Å². The normalized spacial score (nSPS) is 22.9. The largest absolute Gasteiger partial charge is 0.385 e. The van der Waals surface area contributed by atoms with E-state index in [4.69, 9.17) is 4.74 Å². The van der Waals surface area contributed by atoms with Crippen molar-refractivity contribution in [3.8, 4) is 0 Å². The lowest BCUT2D eigenvalue weighted by Gasteiger charge is -2.30. The van der Waals surface area contributed by atoms with Crippen molar-refractivity contribution < 1.29 is 4.74 Å². The van der Waals surface area contributed by atoms with Gasteiger partial charge in [0.05, 0.1) is 0 Å². The Morgan fingerprint density at radius 2 is 2.38 bits per heavy atom. The van der Waals surface area contributed by atoms with Crippen LogP contribution < -0.4 is 5.32 Å².